The number of nitrogens with zero attached hydrogens (tertiary/aromatic N) is 2. The van der Waals surface area contributed by atoms with Gasteiger partial charge in [-0.25, -0.2) is 0 Å². The summed E-state index contributed by atoms with van der Waals surface area (Å²) in [5.41, 5.74) is 1.26. The molecule has 0 spiro atoms. The number of carboxylic acids is 1. The van der Waals surface area contributed by atoms with Crippen LogP contribution in [0.2, 0.25) is 0 Å². The highest BCUT2D eigenvalue weighted by Gasteiger charge is 2.21. The van der Waals surface area contributed by atoms with E-state index in [0.717, 1.165) is 4.88 Å². The van der Waals surface area contributed by atoms with Gasteiger partial charge in [0.2, 0.25) is 0 Å². The van der Waals surface area contributed by atoms with Crippen LogP contribution in [0.3, 0.4) is 0 Å². The molecule has 23 heavy (non-hydrogen) atoms. The molecule has 1 amide bonds. The van der Waals surface area contributed by atoms with Crippen LogP contribution in [0.5, 0.6) is 5.75 Å². The number of phenolic OH excluding ortho intramolecular Hbond substituents is 1. The van der Waals surface area contributed by atoms with Crippen molar-refractivity contribution < 1.29 is 19.8 Å². The van der Waals surface area contributed by atoms with Crippen LogP contribution in [-0.4, -0.2) is 38.6 Å². The minimum Gasteiger partial charge on any atom is -0.507 e. The van der Waals surface area contributed by atoms with Crippen molar-refractivity contribution in [3.05, 3.63) is 41.5 Å². The molecule has 0 saturated carbocycles. The molecule has 0 radical (unpaired) electrons. The number of carbonyl (C=O) groups is 2. The Hall–Kier alpha value is -3.00. The number of aromatic nitrogens is 2. The highest BCUT2D eigenvalue weighted by molar-refractivity contribution is 7.13. The monoisotopic (exact) mass is 329 g/mol. The second-order valence-electron chi connectivity index (χ2n) is 4.63. The average Bonchev–Trinajstić information content (AvgIpc) is 3.06. The zero-order valence-corrected chi connectivity index (χ0v) is 12.5. The number of amides is 1. The third-order valence-electron chi connectivity index (χ3n) is 3.14. The molecule has 0 unspecified atom stereocenters. The lowest BCUT2D eigenvalue weighted by Crippen LogP contribution is -2.29. The van der Waals surface area contributed by atoms with Crippen molar-refractivity contribution in [3.63, 3.8) is 0 Å². The summed E-state index contributed by atoms with van der Waals surface area (Å²) >= 11 is 1.47. The van der Waals surface area contributed by atoms with Gasteiger partial charge in [0, 0.05) is 22.8 Å². The van der Waals surface area contributed by atoms with E-state index in [0.29, 0.717) is 11.1 Å². The summed E-state index contributed by atoms with van der Waals surface area (Å²) < 4.78 is 0. The zero-order chi connectivity index (χ0) is 16.4. The smallest absolute Gasteiger partial charge is 0.322 e. The molecule has 1 aromatic carbocycles. The summed E-state index contributed by atoms with van der Waals surface area (Å²) in [7, 11) is 0. The fourth-order valence-electron chi connectivity index (χ4n) is 2.20. The van der Waals surface area contributed by atoms with E-state index >= 15 is 0 Å². The summed E-state index contributed by atoms with van der Waals surface area (Å²) in [6.45, 7) is -0.549. The molecular weight excluding hydrogens is 318 g/mol. The number of aliphatic carboxylic acids is 1. The predicted molar refractivity (Wildman–Crippen MR) is 84.5 cm³/mol. The van der Waals surface area contributed by atoms with Gasteiger partial charge < -0.3 is 15.5 Å². The number of hydrogen-bond donors (Lipinski definition) is 3. The maximum Gasteiger partial charge on any atom is 0.322 e. The molecular formula is C15H11N3O4S. The Morgan fingerprint density at radius 1 is 1.22 bits per heavy atom. The third kappa shape index (κ3) is 2.84. The number of benzene rings is 1. The molecule has 0 atom stereocenters. The first-order valence-corrected chi connectivity index (χ1v) is 7.46. The lowest BCUT2D eigenvalue weighted by Gasteiger charge is -2.11. The van der Waals surface area contributed by atoms with Crippen molar-refractivity contribution >= 4 is 34.2 Å². The minimum atomic E-state index is -1.18. The maximum atomic E-state index is 12.2. The van der Waals surface area contributed by atoms with Crippen LogP contribution < -0.4 is 5.32 Å². The summed E-state index contributed by atoms with van der Waals surface area (Å²) in [5, 5.41) is 23.0. The van der Waals surface area contributed by atoms with Gasteiger partial charge in [-0.05, 0) is 17.5 Å². The normalized spacial score (nSPS) is 10.6. The molecule has 8 heteroatoms. The SMILES string of the molecule is O=C(O)CNC(=O)c1c(O)cc(-c2cccs2)c2nccnc12. The molecule has 3 N–H and O–H groups in total. The summed E-state index contributed by atoms with van der Waals surface area (Å²) in [4.78, 5) is 32.0. The molecule has 0 aliphatic rings. The van der Waals surface area contributed by atoms with Gasteiger partial charge in [-0.2, -0.15) is 0 Å². The van der Waals surface area contributed by atoms with Crippen LogP contribution in [0, 0.1) is 0 Å². The molecule has 0 aliphatic carbocycles. The molecule has 2 heterocycles. The van der Waals surface area contributed by atoms with E-state index < -0.39 is 18.4 Å². The Balaban J connectivity index is 2.17. The molecule has 3 rings (SSSR count). The van der Waals surface area contributed by atoms with E-state index in [9.17, 15) is 14.7 Å². The van der Waals surface area contributed by atoms with Gasteiger partial charge in [0.05, 0.1) is 5.52 Å². The fraction of sp³-hybridized carbons (Fsp3) is 0.0667. The quantitative estimate of drug-likeness (QED) is 0.673. The lowest BCUT2D eigenvalue weighted by molar-refractivity contribution is -0.135. The molecule has 2 aromatic heterocycles. The van der Waals surface area contributed by atoms with Crippen molar-refractivity contribution in [1.29, 1.82) is 0 Å². The second-order valence-corrected chi connectivity index (χ2v) is 5.57. The molecule has 7 nitrogen and oxygen atoms in total. The van der Waals surface area contributed by atoms with Gasteiger partial charge in [0.15, 0.2) is 0 Å². The standard InChI is InChI=1S/C15H11N3O4S/c19-9-6-8(10-2-1-5-23-10)13-14(17-4-3-16-13)12(9)15(22)18-7-11(20)21/h1-6,19H,7H2,(H,18,22)(H,20,21). The first kappa shape index (κ1) is 14.9. The first-order chi connectivity index (χ1) is 11.1. The Bertz CT molecular complexity index is 893. The number of carbonyl (C=O) groups excluding carboxylic acids is 1. The highest BCUT2D eigenvalue weighted by atomic mass is 32.1. The Kier molecular flexibility index (Phi) is 3.90. The van der Waals surface area contributed by atoms with Crippen LogP contribution in [-0.2, 0) is 4.79 Å². The van der Waals surface area contributed by atoms with Crippen LogP contribution in [0.4, 0.5) is 0 Å². The van der Waals surface area contributed by atoms with Crippen LogP contribution in [0.15, 0.2) is 36.0 Å². The summed E-state index contributed by atoms with van der Waals surface area (Å²) in [6.07, 6.45) is 2.91. The van der Waals surface area contributed by atoms with Crippen molar-refractivity contribution in [2.24, 2.45) is 0 Å². The summed E-state index contributed by atoms with van der Waals surface area (Å²) in [5.74, 6) is -2.17. The first-order valence-electron chi connectivity index (χ1n) is 6.58. The number of nitrogens with one attached hydrogen (secondary N) is 1. The molecule has 3 aromatic rings. The fourth-order valence-corrected chi connectivity index (χ4v) is 2.95. The molecule has 0 saturated heterocycles. The number of thiophene rings is 1. The lowest BCUT2D eigenvalue weighted by atomic mass is 10.0. The molecule has 116 valence electrons. The van der Waals surface area contributed by atoms with E-state index in [2.05, 4.69) is 15.3 Å². The molecule has 0 fully saturated rings. The number of phenols is 1. The van der Waals surface area contributed by atoms with Gasteiger partial charge in [-0.3, -0.25) is 19.6 Å². The Morgan fingerprint density at radius 2 is 1.96 bits per heavy atom. The Labute approximate surface area is 134 Å². The van der Waals surface area contributed by atoms with Crippen molar-refractivity contribution in [1.82, 2.24) is 15.3 Å². The van der Waals surface area contributed by atoms with E-state index in [1.807, 2.05) is 17.5 Å². The van der Waals surface area contributed by atoms with Gasteiger partial charge in [-0.1, -0.05) is 6.07 Å². The number of fused-ring (bicyclic) bond motifs is 1. The second kappa shape index (κ2) is 6.01. The number of rotatable bonds is 4. The number of hydrogen-bond acceptors (Lipinski definition) is 6. The van der Waals surface area contributed by atoms with Gasteiger partial charge in [-0.15, -0.1) is 11.3 Å². The van der Waals surface area contributed by atoms with Crippen molar-refractivity contribution in [2.75, 3.05) is 6.54 Å². The van der Waals surface area contributed by atoms with E-state index in [1.54, 1.807) is 0 Å². The Morgan fingerprint density at radius 3 is 2.61 bits per heavy atom. The van der Waals surface area contributed by atoms with E-state index in [-0.39, 0.29) is 16.8 Å². The predicted octanol–water partition coefficient (Wildman–Crippen LogP) is 1.88. The molecule has 0 bridgehead atoms. The van der Waals surface area contributed by atoms with Crippen molar-refractivity contribution in [3.8, 4) is 16.2 Å². The number of carboxylic acid groups (broad SMARTS) is 1. The topological polar surface area (TPSA) is 112 Å². The third-order valence-corrected chi connectivity index (χ3v) is 4.04. The van der Waals surface area contributed by atoms with Gasteiger partial charge >= 0.3 is 5.97 Å². The molecule has 0 aliphatic heterocycles. The van der Waals surface area contributed by atoms with E-state index in [1.165, 1.54) is 29.8 Å². The maximum absolute atomic E-state index is 12.2. The number of aromatic hydroxyl groups is 1. The highest BCUT2D eigenvalue weighted by Crippen LogP contribution is 2.36. The van der Waals surface area contributed by atoms with Gasteiger partial charge in [0.25, 0.3) is 5.91 Å². The zero-order valence-electron chi connectivity index (χ0n) is 11.7. The largest absolute Gasteiger partial charge is 0.507 e. The van der Waals surface area contributed by atoms with Crippen LogP contribution in [0.1, 0.15) is 10.4 Å². The minimum absolute atomic E-state index is 0.0883. The van der Waals surface area contributed by atoms with Crippen LogP contribution >= 0.6 is 11.3 Å². The van der Waals surface area contributed by atoms with E-state index in [4.69, 9.17) is 5.11 Å². The van der Waals surface area contributed by atoms with Gasteiger partial charge in [0.1, 0.15) is 23.4 Å². The van der Waals surface area contributed by atoms with Crippen molar-refractivity contribution in [2.45, 2.75) is 0 Å². The average molecular weight is 329 g/mol. The van der Waals surface area contributed by atoms with Crippen LogP contribution in [0.25, 0.3) is 21.5 Å². The summed E-state index contributed by atoms with van der Waals surface area (Å²) in [6, 6.07) is 5.18.